The van der Waals surface area contributed by atoms with Crippen LogP contribution in [0.5, 0.6) is 17.2 Å². The standard InChI is InChI=1S/C53H63FN8O9S/c1-5-48(63)60-19-14-44(41(28-60)38-9-7-6-8-37(38)32(2)3)61-30-53(31-61)17-20-59(21-18-53)34-10-11-39(46(22-34)71-35-23-40-42(54)27-56-50(40)55-26-35)51(64)58-72(68,69)36-24-45(62(66)67)49-47(25-36)70-29-43(57-49)33-12-15-52(4,65)16-13-33/h6-11,22-27,32-33,41,43-44,57,65H,5,12-21,28-31H2,1-4H3,(H,55,56)(H,58,64)/t33-,41-,43+,44-,52-/m0/s1. The van der Waals surface area contributed by atoms with Gasteiger partial charge in [0.1, 0.15) is 29.6 Å². The molecule has 3 atom stereocenters. The molecule has 1 saturated carbocycles. The topological polar surface area (TPSA) is 213 Å². The average molecular weight is 1010 g/mol. The third-order valence-electron chi connectivity index (χ3n) is 16.1. The highest BCUT2D eigenvalue weighted by atomic mass is 32.2. The highest BCUT2D eigenvalue weighted by molar-refractivity contribution is 7.90. The number of amides is 2. The molecule has 19 heteroatoms. The Hall–Kier alpha value is -6.31. The third kappa shape index (κ3) is 9.69. The summed E-state index contributed by atoms with van der Waals surface area (Å²) in [4.78, 5) is 52.2. The van der Waals surface area contributed by atoms with Crippen LogP contribution in [0.1, 0.15) is 112 Å². The molecule has 6 heterocycles. The number of piperidine rings is 2. The molecule has 5 aromatic rings. The maximum atomic E-state index is 14.7. The Morgan fingerprint density at radius 1 is 1.04 bits per heavy atom. The van der Waals surface area contributed by atoms with Crippen molar-refractivity contribution in [1.82, 2.24) is 24.5 Å². The zero-order valence-corrected chi connectivity index (χ0v) is 42.0. The van der Waals surface area contributed by atoms with Crippen LogP contribution in [-0.2, 0) is 14.8 Å². The number of nitro benzene ring substituents is 1. The largest absolute Gasteiger partial charge is 0.489 e. The van der Waals surface area contributed by atoms with E-state index in [1.165, 1.54) is 35.7 Å². The van der Waals surface area contributed by atoms with Gasteiger partial charge in [-0.2, -0.15) is 0 Å². The van der Waals surface area contributed by atoms with Crippen LogP contribution in [-0.4, -0.2) is 114 Å². The molecule has 5 aliphatic rings. The second-order valence-electron chi connectivity index (χ2n) is 21.2. The number of nitrogens with zero attached hydrogens (tertiary/aromatic N) is 5. The molecule has 0 unspecified atom stereocenters. The van der Waals surface area contributed by atoms with Gasteiger partial charge >= 0.3 is 0 Å². The summed E-state index contributed by atoms with van der Waals surface area (Å²) >= 11 is 0. The number of carbonyl (C=O) groups excluding carboxylic acids is 2. The summed E-state index contributed by atoms with van der Waals surface area (Å²) in [7, 11) is -4.74. The van der Waals surface area contributed by atoms with Gasteiger partial charge < -0.3 is 34.7 Å². The number of rotatable bonds is 12. The molecule has 0 bridgehead atoms. The van der Waals surface area contributed by atoms with Crippen LogP contribution < -0.4 is 24.4 Å². The van der Waals surface area contributed by atoms with E-state index in [9.17, 15) is 37.6 Å². The van der Waals surface area contributed by atoms with Crippen molar-refractivity contribution in [3.8, 4) is 17.2 Å². The number of ether oxygens (including phenoxy) is 2. The first-order chi connectivity index (χ1) is 34.4. The van der Waals surface area contributed by atoms with E-state index in [0.29, 0.717) is 56.3 Å². The number of halogens is 1. The monoisotopic (exact) mass is 1010 g/mol. The van der Waals surface area contributed by atoms with E-state index >= 15 is 0 Å². The molecule has 382 valence electrons. The molecule has 4 fully saturated rings. The van der Waals surface area contributed by atoms with Gasteiger partial charge in [0.2, 0.25) is 5.91 Å². The minimum atomic E-state index is -4.74. The predicted molar refractivity (Wildman–Crippen MR) is 270 cm³/mol. The van der Waals surface area contributed by atoms with Gasteiger partial charge in [-0.25, -0.2) is 22.5 Å². The van der Waals surface area contributed by atoms with Gasteiger partial charge in [0.15, 0.2) is 11.4 Å². The molecule has 10 rings (SSSR count). The quantitative estimate of drug-likeness (QED) is 0.0683. The average Bonchev–Trinajstić information content (AvgIpc) is 3.73. The van der Waals surface area contributed by atoms with Gasteiger partial charge in [-0.15, -0.1) is 0 Å². The van der Waals surface area contributed by atoms with Crippen molar-refractivity contribution in [3.05, 3.63) is 106 Å². The molecular weight excluding hydrogens is 944 g/mol. The molecule has 3 aromatic carbocycles. The second kappa shape index (κ2) is 19.3. The number of hydrogen-bond donors (Lipinski definition) is 4. The van der Waals surface area contributed by atoms with Gasteiger partial charge in [0.25, 0.3) is 21.6 Å². The Bertz CT molecular complexity index is 3010. The van der Waals surface area contributed by atoms with Crippen LogP contribution in [0.25, 0.3) is 11.0 Å². The Morgan fingerprint density at radius 2 is 1.79 bits per heavy atom. The molecule has 4 aliphatic heterocycles. The third-order valence-corrected chi connectivity index (χ3v) is 17.4. The number of nitro groups is 1. The normalized spacial score (nSPS) is 24.3. The Kier molecular flexibility index (Phi) is 13.2. The minimum absolute atomic E-state index is 0.00719. The number of hydrogen-bond acceptors (Lipinski definition) is 13. The van der Waals surface area contributed by atoms with Crippen molar-refractivity contribution in [2.45, 2.75) is 113 Å². The number of nitrogens with one attached hydrogen (secondary N) is 3. The maximum absolute atomic E-state index is 14.7. The fraction of sp³-hybridized carbons (Fsp3) is 0.491. The maximum Gasteiger partial charge on any atom is 0.297 e. The van der Waals surface area contributed by atoms with Crippen LogP contribution in [0.3, 0.4) is 0 Å². The van der Waals surface area contributed by atoms with Gasteiger partial charge in [0, 0.05) is 87.7 Å². The summed E-state index contributed by atoms with van der Waals surface area (Å²) in [6, 6.07) is 17.1. The number of aromatic amines is 1. The van der Waals surface area contributed by atoms with Crippen LogP contribution in [0, 0.1) is 27.3 Å². The Balaban J connectivity index is 0.863. The van der Waals surface area contributed by atoms with Crippen molar-refractivity contribution in [3.63, 3.8) is 0 Å². The summed E-state index contributed by atoms with van der Waals surface area (Å²) < 4.78 is 57.1. The first kappa shape index (κ1) is 49.3. The van der Waals surface area contributed by atoms with E-state index in [2.05, 4.69) is 67.9 Å². The number of fused-ring (bicyclic) bond motifs is 2. The van der Waals surface area contributed by atoms with Gasteiger partial charge in [-0.1, -0.05) is 45.0 Å². The summed E-state index contributed by atoms with van der Waals surface area (Å²) in [6.45, 7) is 13.1. The Morgan fingerprint density at radius 3 is 2.51 bits per heavy atom. The van der Waals surface area contributed by atoms with Crippen molar-refractivity contribution in [1.29, 1.82) is 0 Å². The van der Waals surface area contributed by atoms with Crippen LogP contribution in [0.2, 0.25) is 0 Å². The predicted octanol–water partition coefficient (Wildman–Crippen LogP) is 8.46. The molecule has 4 N–H and O–H groups in total. The van der Waals surface area contributed by atoms with Crippen LogP contribution >= 0.6 is 0 Å². The summed E-state index contributed by atoms with van der Waals surface area (Å²) in [5, 5.41) is 26.3. The summed E-state index contributed by atoms with van der Waals surface area (Å²) in [6.07, 6.45) is 8.33. The lowest BCUT2D eigenvalue weighted by molar-refractivity contribution is -0.384. The Labute approximate surface area is 418 Å². The minimum Gasteiger partial charge on any atom is -0.489 e. The van der Waals surface area contributed by atoms with E-state index < -0.39 is 42.9 Å². The van der Waals surface area contributed by atoms with Gasteiger partial charge in [-0.3, -0.25) is 24.6 Å². The van der Waals surface area contributed by atoms with Crippen molar-refractivity contribution >= 4 is 49.9 Å². The lowest BCUT2D eigenvalue weighted by Gasteiger charge is -2.59. The smallest absolute Gasteiger partial charge is 0.297 e. The molecule has 3 saturated heterocycles. The molecule has 2 amide bonds. The number of pyridine rings is 1. The number of carbonyl (C=O) groups is 2. The molecule has 0 radical (unpaired) electrons. The SMILES string of the molecule is CCC(=O)N1CC[C@H](N2CC3(CCN(c4ccc(C(=O)NS(=O)(=O)c5cc6c(c([N+](=O)[O-])c5)N[C@@H]([C@H]5CC[C@](C)(O)CC5)CO6)c(Oc5cnc6[nH]cc(F)c6c5)c4)CC3)C2)[C@H](c2ccccc2C(C)C)C1. The molecule has 2 aromatic heterocycles. The number of aromatic nitrogens is 2. The zero-order valence-electron chi connectivity index (χ0n) is 41.2. The van der Waals surface area contributed by atoms with Gasteiger partial charge in [-0.05, 0) is 98.4 Å². The first-order valence-electron chi connectivity index (χ1n) is 25.2. The summed E-state index contributed by atoms with van der Waals surface area (Å²) in [5.41, 5.74) is 2.41. The number of benzene rings is 3. The number of H-pyrrole nitrogens is 1. The second-order valence-corrected chi connectivity index (χ2v) is 22.9. The number of sulfonamides is 1. The molecule has 1 spiro atoms. The van der Waals surface area contributed by atoms with Crippen LogP contribution in [0.15, 0.2) is 78.0 Å². The fourth-order valence-electron chi connectivity index (χ4n) is 11.9. The van der Waals surface area contributed by atoms with E-state index in [0.717, 1.165) is 69.8 Å². The fourth-order valence-corrected chi connectivity index (χ4v) is 12.9. The molecule has 72 heavy (non-hydrogen) atoms. The van der Waals surface area contributed by atoms with Gasteiger partial charge in [0.05, 0.1) is 38.6 Å². The number of aliphatic hydroxyl groups is 1. The first-order valence-corrected chi connectivity index (χ1v) is 26.7. The van der Waals surface area contributed by atoms with E-state index in [-0.39, 0.29) is 69.7 Å². The summed E-state index contributed by atoms with van der Waals surface area (Å²) in [5.74, 6) is -0.707. The van der Waals surface area contributed by atoms with Crippen LogP contribution in [0.4, 0.5) is 21.5 Å². The van der Waals surface area contributed by atoms with Crippen molar-refractivity contribution in [2.24, 2.45) is 11.3 Å². The van der Waals surface area contributed by atoms with E-state index in [4.69, 9.17) is 9.47 Å². The van der Waals surface area contributed by atoms with E-state index in [1.54, 1.807) is 19.1 Å². The zero-order chi connectivity index (χ0) is 50.7. The number of anilines is 2. The lowest BCUT2D eigenvalue weighted by atomic mass is 9.69. The van der Waals surface area contributed by atoms with Crippen molar-refractivity contribution in [2.75, 3.05) is 56.1 Å². The van der Waals surface area contributed by atoms with Crippen molar-refractivity contribution < 1.29 is 41.9 Å². The molecule has 1 aliphatic carbocycles. The molecule has 17 nitrogen and oxygen atoms in total. The highest BCUT2D eigenvalue weighted by Gasteiger charge is 2.50. The van der Waals surface area contributed by atoms with E-state index in [1.807, 2.05) is 11.8 Å². The molecular formula is C53H63FN8O9S. The highest BCUT2D eigenvalue weighted by Crippen LogP contribution is 2.48. The number of likely N-dealkylation sites (tertiary alicyclic amines) is 2. The lowest BCUT2D eigenvalue weighted by Crippen LogP contribution is -2.65.